The van der Waals surface area contributed by atoms with Gasteiger partial charge in [0.05, 0.1) is 9.16 Å². The van der Waals surface area contributed by atoms with Gasteiger partial charge in [0.15, 0.2) is 0 Å². The van der Waals surface area contributed by atoms with Gasteiger partial charge in [-0.25, -0.2) is 0 Å². The highest BCUT2D eigenvalue weighted by molar-refractivity contribution is 9.13. The summed E-state index contributed by atoms with van der Waals surface area (Å²) in [4.78, 5) is 11.9. The van der Waals surface area contributed by atoms with Crippen LogP contribution in [-0.4, -0.2) is 22.9 Å². The van der Waals surface area contributed by atoms with Gasteiger partial charge in [0, 0.05) is 15.1 Å². The molecule has 0 aliphatic carbocycles. The van der Waals surface area contributed by atoms with Crippen LogP contribution in [0.4, 0.5) is 0 Å². The molecule has 1 aromatic heterocycles. The molecular weight excluding hydrogens is 366 g/mol. The third-order valence-electron chi connectivity index (χ3n) is 2.00. The Morgan fingerprint density at radius 3 is 2.80 bits per heavy atom. The van der Waals surface area contributed by atoms with E-state index >= 15 is 0 Å². The quantitative estimate of drug-likeness (QED) is 0.837. The number of nitrogens with one attached hydrogen (secondary N) is 1. The van der Waals surface area contributed by atoms with Gasteiger partial charge in [0.2, 0.25) is 0 Å². The molecule has 0 spiro atoms. The van der Waals surface area contributed by atoms with Gasteiger partial charge in [-0.3, -0.25) is 10.1 Å². The van der Waals surface area contributed by atoms with Gasteiger partial charge in [-0.1, -0.05) is 0 Å². The first-order valence-corrected chi connectivity index (χ1v) is 7.58. The molecule has 2 heterocycles. The molecule has 0 saturated carbocycles. The molecule has 2 N–H and O–H groups in total. The highest BCUT2D eigenvalue weighted by Crippen LogP contribution is 2.41. The molecule has 2 atom stereocenters. The summed E-state index contributed by atoms with van der Waals surface area (Å²) >= 11 is 10.1. The minimum Gasteiger partial charge on any atom is -0.480 e. The summed E-state index contributed by atoms with van der Waals surface area (Å²) in [6.45, 7) is 0. The topological polar surface area (TPSA) is 49.3 Å². The molecule has 7 heteroatoms. The van der Waals surface area contributed by atoms with E-state index in [1.54, 1.807) is 23.1 Å². The Bertz CT molecular complexity index is 376. The first kappa shape index (κ1) is 11.9. The smallest absolute Gasteiger partial charge is 0.321 e. The second-order valence-electron chi connectivity index (χ2n) is 3.04. The van der Waals surface area contributed by atoms with E-state index in [1.165, 1.54) is 0 Å². The Morgan fingerprint density at radius 2 is 2.33 bits per heavy atom. The molecule has 1 aromatic rings. The lowest BCUT2D eigenvalue weighted by molar-refractivity contribution is -0.138. The van der Waals surface area contributed by atoms with E-state index in [9.17, 15) is 4.79 Å². The first-order valence-electron chi connectivity index (χ1n) is 4.13. The largest absolute Gasteiger partial charge is 0.480 e. The van der Waals surface area contributed by atoms with Crippen LogP contribution in [0.2, 0.25) is 0 Å². The van der Waals surface area contributed by atoms with Crippen LogP contribution < -0.4 is 5.32 Å². The van der Waals surface area contributed by atoms with Crippen LogP contribution in [0.25, 0.3) is 0 Å². The fourth-order valence-corrected chi connectivity index (χ4v) is 4.77. The fourth-order valence-electron chi connectivity index (χ4n) is 1.27. The summed E-state index contributed by atoms with van der Waals surface area (Å²) in [5.74, 6) is -0.160. The summed E-state index contributed by atoms with van der Waals surface area (Å²) < 4.78 is 2.06. The lowest BCUT2D eigenvalue weighted by atomic mass is 10.3. The van der Waals surface area contributed by atoms with Gasteiger partial charge in [0.25, 0.3) is 0 Å². The summed E-state index contributed by atoms with van der Waals surface area (Å²) in [5, 5.41) is 12.0. The van der Waals surface area contributed by atoms with E-state index in [-0.39, 0.29) is 5.37 Å². The molecule has 1 aliphatic rings. The Morgan fingerprint density at radius 1 is 1.60 bits per heavy atom. The molecule has 0 unspecified atom stereocenters. The van der Waals surface area contributed by atoms with Crippen molar-refractivity contribution in [1.82, 2.24) is 5.32 Å². The van der Waals surface area contributed by atoms with Gasteiger partial charge in [0.1, 0.15) is 6.04 Å². The number of carbonyl (C=O) groups is 1. The van der Waals surface area contributed by atoms with E-state index in [2.05, 4.69) is 37.2 Å². The van der Waals surface area contributed by atoms with Gasteiger partial charge in [-0.15, -0.1) is 23.1 Å². The van der Waals surface area contributed by atoms with Crippen molar-refractivity contribution in [3.63, 3.8) is 0 Å². The number of thioether (sulfide) groups is 1. The maximum absolute atomic E-state index is 10.8. The maximum atomic E-state index is 10.8. The van der Waals surface area contributed by atoms with Crippen molar-refractivity contribution in [2.75, 3.05) is 5.75 Å². The van der Waals surface area contributed by atoms with E-state index in [0.29, 0.717) is 5.75 Å². The number of hydrogen-bond donors (Lipinski definition) is 2. The molecule has 1 aliphatic heterocycles. The van der Waals surface area contributed by atoms with Crippen LogP contribution in [0.15, 0.2) is 14.3 Å². The van der Waals surface area contributed by atoms with Crippen LogP contribution in [0.5, 0.6) is 0 Å². The first-order chi connectivity index (χ1) is 7.08. The molecule has 0 amide bonds. The van der Waals surface area contributed by atoms with Crippen LogP contribution in [0, 0.1) is 0 Å². The van der Waals surface area contributed by atoms with Crippen LogP contribution >= 0.6 is 55.0 Å². The third-order valence-corrected chi connectivity index (χ3v) is 6.72. The number of carboxylic acid groups (broad SMARTS) is 1. The SMILES string of the molecule is O=C(O)[C@@H]1CS[C@H](c2cc(Br)c(Br)s2)N1. The third kappa shape index (κ3) is 2.58. The van der Waals surface area contributed by atoms with Crippen molar-refractivity contribution in [3.8, 4) is 0 Å². The van der Waals surface area contributed by atoms with E-state index in [1.807, 2.05) is 6.07 Å². The normalized spacial score (nSPS) is 25.7. The molecular formula is C8H7Br2NO2S2. The second-order valence-corrected chi connectivity index (χ2v) is 7.44. The minimum atomic E-state index is -0.778. The molecule has 0 bridgehead atoms. The van der Waals surface area contributed by atoms with Crippen LogP contribution in [0.3, 0.4) is 0 Å². The predicted octanol–water partition coefficient (Wildman–Crippen LogP) is 3.06. The molecule has 1 fully saturated rings. The molecule has 0 radical (unpaired) electrons. The van der Waals surface area contributed by atoms with Crippen molar-refractivity contribution in [1.29, 1.82) is 0 Å². The standard InChI is InChI=1S/C8H7Br2NO2S2/c9-3-1-5(15-6(3)10)7-11-4(2-14-7)8(12)13/h1,4,7,11H,2H2,(H,12,13)/t4-,7+/m0/s1. The molecule has 15 heavy (non-hydrogen) atoms. The Hall–Kier alpha value is 0.440. The highest BCUT2D eigenvalue weighted by Gasteiger charge is 2.31. The summed E-state index contributed by atoms with van der Waals surface area (Å²) in [5.41, 5.74) is 0. The average molecular weight is 373 g/mol. The Kier molecular flexibility index (Phi) is 3.77. The highest BCUT2D eigenvalue weighted by atomic mass is 79.9. The van der Waals surface area contributed by atoms with E-state index in [4.69, 9.17) is 5.11 Å². The number of aliphatic carboxylic acids is 1. The number of carboxylic acids is 1. The van der Waals surface area contributed by atoms with Crippen LogP contribution in [0.1, 0.15) is 10.3 Å². The van der Waals surface area contributed by atoms with Crippen molar-refractivity contribution < 1.29 is 9.90 Å². The lowest BCUT2D eigenvalue weighted by Crippen LogP contribution is -2.33. The van der Waals surface area contributed by atoms with Crippen molar-refractivity contribution >= 4 is 60.9 Å². The fraction of sp³-hybridized carbons (Fsp3) is 0.375. The number of halogens is 2. The zero-order valence-corrected chi connectivity index (χ0v) is 12.2. The van der Waals surface area contributed by atoms with E-state index in [0.717, 1.165) is 13.1 Å². The zero-order valence-electron chi connectivity index (χ0n) is 7.37. The second kappa shape index (κ2) is 4.75. The van der Waals surface area contributed by atoms with Gasteiger partial charge in [-0.05, 0) is 37.9 Å². The Labute approximate surface area is 112 Å². The van der Waals surface area contributed by atoms with Crippen molar-refractivity contribution in [2.45, 2.75) is 11.4 Å². The summed E-state index contributed by atoms with van der Waals surface area (Å²) in [7, 11) is 0. The van der Waals surface area contributed by atoms with E-state index < -0.39 is 12.0 Å². The number of rotatable bonds is 2. The number of hydrogen-bond acceptors (Lipinski definition) is 4. The van der Waals surface area contributed by atoms with Gasteiger partial charge >= 0.3 is 5.97 Å². The zero-order chi connectivity index (χ0) is 11.0. The monoisotopic (exact) mass is 371 g/mol. The van der Waals surface area contributed by atoms with Crippen LogP contribution in [-0.2, 0) is 4.79 Å². The van der Waals surface area contributed by atoms with Crippen molar-refractivity contribution in [2.24, 2.45) is 0 Å². The summed E-state index contributed by atoms with van der Waals surface area (Å²) in [6, 6.07) is 1.59. The van der Waals surface area contributed by atoms with Gasteiger partial charge in [-0.2, -0.15) is 0 Å². The molecule has 2 rings (SSSR count). The Balaban J connectivity index is 2.11. The number of thiophene rings is 1. The minimum absolute atomic E-state index is 0.0960. The van der Waals surface area contributed by atoms with Crippen molar-refractivity contribution in [3.05, 3.63) is 19.2 Å². The van der Waals surface area contributed by atoms with Gasteiger partial charge < -0.3 is 5.11 Å². The molecule has 3 nitrogen and oxygen atoms in total. The molecule has 0 aromatic carbocycles. The summed E-state index contributed by atoms with van der Waals surface area (Å²) in [6.07, 6.45) is 0. The maximum Gasteiger partial charge on any atom is 0.321 e. The average Bonchev–Trinajstić information content (AvgIpc) is 2.74. The predicted molar refractivity (Wildman–Crippen MR) is 69.5 cm³/mol. The molecule has 1 saturated heterocycles. The lowest BCUT2D eigenvalue weighted by Gasteiger charge is -2.07. The molecule has 82 valence electrons.